The maximum atomic E-state index is 5.87. The second-order valence-corrected chi connectivity index (χ2v) is 3.96. The smallest absolute Gasteiger partial charge is 0.0161 e. The van der Waals surface area contributed by atoms with Gasteiger partial charge in [-0.3, -0.25) is 0 Å². The van der Waals surface area contributed by atoms with Gasteiger partial charge >= 0.3 is 0 Å². The number of nitrogens with two attached hydrogens (primary N) is 1. The highest BCUT2D eigenvalue weighted by atomic mass is 14.9. The van der Waals surface area contributed by atoms with Gasteiger partial charge < -0.3 is 11.1 Å². The molecule has 12 heavy (non-hydrogen) atoms. The van der Waals surface area contributed by atoms with E-state index in [0.29, 0.717) is 12.1 Å². The van der Waals surface area contributed by atoms with Gasteiger partial charge in [-0.25, -0.2) is 0 Å². The first kappa shape index (κ1) is 9.75. The summed E-state index contributed by atoms with van der Waals surface area (Å²) in [6.45, 7) is 6.86. The van der Waals surface area contributed by atoms with Crippen LogP contribution >= 0.6 is 0 Å². The van der Waals surface area contributed by atoms with E-state index in [1.807, 2.05) is 0 Å². The zero-order valence-electron chi connectivity index (χ0n) is 7.97. The van der Waals surface area contributed by atoms with Gasteiger partial charge in [-0.05, 0) is 26.2 Å². The standard InChI is InChI=1S/C10H20N2/c1-8(2)7-12-10-5-3-4-9(11)6-10/h9-10,12H,1,3-7,11H2,2H3. The second kappa shape index (κ2) is 4.63. The van der Waals surface area contributed by atoms with E-state index < -0.39 is 0 Å². The van der Waals surface area contributed by atoms with Crippen molar-refractivity contribution in [1.29, 1.82) is 0 Å². The fourth-order valence-corrected chi connectivity index (χ4v) is 1.73. The lowest BCUT2D eigenvalue weighted by Crippen LogP contribution is -2.39. The lowest BCUT2D eigenvalue weighted by molar-refractivity contribution is 0.346. The van der Waals surface area contributed by atoms with E-state index in [2.05, 4.69) is 18.8 Å². The summed E-state index contributed by atoms with van der Waals surface area (Å²) in [5, 5.41) is 3.47. The molecule has 0 heterocycles. The van der Waals surface area contributed by atoms with Gasteiger partial charge in [-0.15, -0.1) is 0 Å². The van der Waals surface area contributed by atoms with E-state index >= 15 is 0 Å². The molecule has 70 valence electrons. The van der Waals surface area contributed by atoms with Gasteiger partial charge in [0.2, 0.25) is 0 Å². The Morgan fingerprint density at radius 3 is 2.92 bits per heavy atom. The minimum atomic E-state index is 0.418. The molecular weight excluding hydrogens is 148 g/mol. The Morgan fingerprint density at radius 2 is 2.33 bits per heavy atom. The van der Waals surface area contributed by atoms with Crippen LogP contribution < -0.4 is 11.1 Å². The molecule has 1 rings (SSSR count). The van der Waals surface area contributed by atoms with Gasteiger partial charge in [0.25, 0.3) is 0 Å². The molecule has 0 aromatic heterocycles. The van der Waals surface area contributed by atoms with Crippen LogP contribution in [0.2, 0.25) is 0 Å². The van der Waals surface area contributed by atoms with Crippen LogP contribution in [0.1, 0.15) is 32.6 Å². The number of rotatable bonds is 3. The predicted octanol–water partition coefficient (Wildman–Crippen LogP) is 1.42. The SMILES string of the molecule is C=C(C)CNC1CCCC(N)C1. The highest BCUT2D eigenvalue weighted by Crippen LogP contribution is 2.16. The molecule has 0 aliphatic heterocycles. The minimum Gasteiger partial charge on any atom is -0.328 e. The number of hydrogen-bond donors (Lipinski definition) is 2. The minimum absolute atomic E-state index is 0.418. The highest BCUT2D eigenvalue weighted by molar-refractivity contribution is 4.92. The largest absolute Gasteiger partial charge is 0.328 e. The summed E-state index contributed by atoms with van der Waals surface area (Å²) in [7, 11) is 0. The lowest BCUT2D eigenvalue weighted by atomic mass is 9.91. The van der Waals surface area contributed by atoms with Crippen molar-refractivity contribution < 1.29 is 0 Å². The average Bonchev–Trinajstić information content (AvgIpc) is 2.01. The third kappa shape index (κ3) is 3.37. The quantitative estimate of drug-likeness (QED) is 0.625. The predicted molar refractivity (Wildman–Crippen MR) is 53.0 cm³/mol. The Balaban J connectivity index is 2.18. The molecule has 3 N–H and O–H groups in total. The highest BCUT2D eigenvalue weighted by Gasteiger charge is 2.17. The van der Waals surface area contributed by atoms with E-state index in [9.17, 15) is 0 Å². The van der Waals surface area contributed by atoms with Crippen molar-refractivity contribution in [2.45, 2.75) is 44.7 Å². The molecule has 0 bridgehead atoms. The maximum Gasteiger partial charge on any atom is 0.0161 e. The van der Waals surface area contributed by atoms with Gasteiger partial charge in [-0.1, -0.05) is 18.6 Å². The summed E-state index contributed by atoms with van der Waals surface area (Å²) in [6.07, 6.45) is 4.88. The maximum absolute atomic E-state index is 5.87. The molecule has 1 aliphatic carbocycles. The molecule has 2 heteroatoms. The Labute approximate surface area is 75.2 Å². The Morgan fingerprint density at radius 1 is 1.58 bits per heavy atom. The first-order valence-electron chi connectivity index (χ1n) is 4.82. The molecule has 0 radical (unpaired) electrons. The molecule has 0 saturated heterocycles. The molecule has 2 atom stereocenters. The van der Waals surface area contributed by atoms with Gasteiger partial charge in [0.15, 0.2) is 0 Å². The summed E-state index contributed by atoms with van der Waals surface area (Å²) < 4.78 is 0. The van der Waals surface area contributed by atoms with Gasteiger partial charge in [0.1, 0.15) is 0 Å². The molecule has 1 saturated carbocycles. The molecule has 0 amide bonds. The van der Waals surface area contributed by atoms with Crippen molar-refractivity contribution in [3.05, 3.63) is 12.2 Å². The molecule has 0 spiro atoms. The normalized spacial score (nSPS) is 30.2. The monoisotopic (exact) mass is 168 g/mol. The Hall–Kier alpha value is -0.340. The van der Waals surface area contributed by atoms with Crippen LogP contribution in [0.25, 0.3) is 0 Å². The first-order chi connectivity index (χ1) is 5.68. The van der Waals surface area contributed by atoms with E-state index in [0.717, 1.165) is 13.0 Å². The van der Waals surface area contributed by atoms with Gasteiger partial charge in [0.05, 0.1) is 0 Å². The molecular formula is C10H20N2. The first-order valence-corrected chi connectivity index (χ1v) is 4.82. The summed E-state index contributed by atoms with van der Waals surface area (Å²) in [6, 6.07) is 1.05. The van der Waals surface area contributed by atoms with Crippen LogP contribution in [0.15, 0.2) is 12.2 Å². The van der Waals surface area contributed by atoms with Crippen LogP contribution in [0.3, 0.4) is 0 Å². The van der Waals surface area contributed by atoms with E-state index in [1.54, 1.807) is 0 Å². The van der Waals surface area contributed by atoms with Crippen molar-refractivity contribution in [2.24, 2.45) is 5.73 Å². The molecule has 0 aromatic rings. The van der Waals surface area contributed by atoms with Crippen molar-refractivity contribution in [2.75, 3.05) is 6.54 Å². The van der Waals surface area contributed by atoms with Crippen LogP contribution in [0, 0.1) is 0 Å². The van der Waals surface area contributed by atoms with Crippen LogP contribution in [0.4, 0.5) is 0 Å². The number of hydrogen-bond acceptors (Lipinski definition) is 2. The fourth-order valence-electron chi connectivity index (χ4n) is 1.73. The third-order valence-electron chi connectivity index (χ3n) is 2.41. The topological polar surface area (TPSA) is 38.0 Å². The second-order valence-electron chi connectivity index (χ2n) is 3.96. The van der Waals surface area contributed by atoms with Crippen LogP contribution in [-0.4, -0.2) is 18.6 Å². The molecule has 1 aliphatic rings. The molecule has 0 aromatic carbocycles. The molecule has 2 unspecified atom stereocenters. The summed E-state index contributed by atoms with van der Waals surface area (Å²) in [4.78, 5) is 0. The zero-order chi connectivity index (χ0) is 8.97. The van der Waals surface area contributed by atoms with E-state index in [1.165, 1.54) is 24.8 Å². The number of nitrogens with one attached hydrogen (secondary N) is 1. The average molecular weight is 168 g/mol. The van der Waals surface area contributed by atoms with Crippen LogP contribution in [0.5, 0.6) is 0 Å². The zero-order valence-corrected chi connectivity index (χ0v) is 7.97. The van der Waals surface area contributed by atoms with Crippen LogP contribution in [-0.2, 0) is 0 Å². The Kier molecular flexibility index (Phi) is 3.76. The summed E-state index contributed by atoms with van der Waals surface area (Å²) in [5.74, 6) is 0. The Bertz CT molecular complexity index is 154. The van der Waals surface area contributed by atoms with Gasteiger partial charge in [-0.2, -0.15) is 0 Å². The van der Waals surface area contributed by atoms with Crippen molar-refractivity contribution in [3.8, 4) is 0 Å². The van der Waals surface area contributed by atoms with E-state index in [4.69, 9.17) is 5.73 Å². The van der Waals surface area contributed by atoms with E-state index in [-0.39, 0.29) is 0 Å². The lowest BCUT2D eigenvalue weighted by Gasteiger charge is -2.27. The van der Waals surface area contributed by atoms with Crippen molar-refractivity contribution >= 4 is 0 Å². The third-order valence-corrected chi connectivity index (χ3v) is 2.41. The summed E-state index contributed by atoms with van der Waals surface area (Å²) >= 11 is 0. The molecule has 1 fully saturated rings. The fraction of sp³-hybridized carbons (Fsp3) is 0.800. The molecule has 2 nitrogen and oxygen atoms in total. The van der Waals surface area contributed by atoms with Crippen molar-refractivity contribution in [3.63, 3.8) is 0 Å². The van der Waals surface area contributed by atoms with Crippen molar-refractivity contribution in [1.82, 2.24) is 5.32 Å². The van der Waals surface area contributed by atoms with Gasteiger partial charge in [0, 0.05) is 18.6 Å². The summed E-state index contributed by atoms with van der Waals surface area (Å²) in [5.41, 5.74) is 7.07.